The van der Waals surface area contributed by atoms with E-state index in [0.29, 0.717) is 0 Å². The Balaban J connectivity index is 0.00000102. The second kappa shape index (κ2) is 10.3. The van der Waals surface area contributed by atoms with Crippen LogP contribution in [0.25, 0.3) is 32.7 Å². The summed E-state index contributed by atoms with van der Waals surface area (Å²) < 4.78 is 0. The molecule has 0 atom stereocenters. The van der Waals surface area contributed by atoms with Crippen molar-refractivity contribution in [3.8, 4) is 11.1 Å². The molecular weight excluding hydrogens is 348 g/mol. The molecule has 4 aromatic rings. The van der Waals surface area contributed by atoms with Crippen molar-refractivity contribution in [2.24, 2.45) is 0 Å². The fourth-order valence-corrected chi connectivity index (χ4v) is 3.62. The van der Waals surface area contributed by atoms with Crippen molar-refractivity contribution < 1.29 is 0 Å². The van der Waals surface area contributed by atoms with Crippen LogP contribution in [-0.4, -0.2) is 0 Å². The van der Waals surface area contributed by atoms with Gasteiger partial charge in [-0.25, -0.2) is 0 Å². The van der Waals surface area contributed by atoms with Crippen LogP contribution in [0.15, 0.2) is 78.9 Å². The molecule has 29 heavy (non-hydrogen) atoms. The lowest BCUT2D eigenvalue weighted by Gasteiger charge is -2.23. The molecule has 0 aliphatic rings. The van der Waals surface area contributed by atoms with Crippen molar-refractivity contribution in [3.05, 3.63) is 84.4 Å². The van der Waals surface area contributed by atoms with E-state index < -0.39 is 0 Å². The summed E-state index contributed by atoms with van der Waals surface area (Å²) >= 11 is 0. The molecule has 0 saturated carbocycles. The molecule has 0 N–H and O–H groups in total. The minimum Gasteiger partial charge on any atom is -0.0776 e. The van der Waals surface area contributed by atoms with Crippen molar-refractivity contribution in [1.29, 1.82) is 0 Å². The van der Waals surface area contributed by atoms with Gasteiger partial charge in [0.2, 0.25) is 0 Å². The van der Waals surface area contributed by atoms with Crippen LogP contribution in [0, 0.1) is 0 Å². The molecule has 0 aliphatic carbocycles. The zero-order valence-corrected chi connectivity index (χ0v) is 17.2. The fourth-order valence-electron chi connectivity index (χ4n) is 3.62. The largest absolute Gasteiger partial charge is 0.0776 e. The van der Waals surface area contributed by atoms with E-state index in [0.717, 1.165) is 6.42 Å². The van der Waals surface area contributed by atoms with Crippen molar-refractivity contribution >= 4 is 21.5 Å². The van der Waals surface area contributed by atoms with E-state index in [4.69, 9.17) is 0 Å². The summed E-state index contributed by atoms with van der Waals surface area (Å²) in [5, 5.41) is 5.25. The Morgan fingerprint density at radius 2 is 1.10 bits per heavy atom. The van der Waals surface area contributed by atoms with E-state index in [-0.39, 0.29) is 20.3 Å². The first-order valence-electron chi connectivity index (χ1n) is 10.1. The van der Waals surface area contributed by atoms with Crippen LogP contribution >= 0.6 is 0 Å². The lowest BCUT2D eigenvalue weighted by atomic mass is 9.81. The van der Waals surface area contributed by atoms with Crippen molar-refractivity contribution in [1.82, 2.24) is 0 Å². The third kappa shape index (κ3) is 4.70. The summed E-state index contributed by atoms with van der Waals surface area (Å²) in [4.78, 5) is 0. The van der Waals surface area contributed by atoms with Gasteiger partial charge in [0.05, 0.1) is 0 Å². The summed E-state index contributed by atoms with van der Waals surface area (Å²) in [5.41, 5.74) is 4.26. The smallest absolute Gasteiger partial charge is 0.00268 e. The average Bonchev–Trinajstić information content (AvgIpc) is 2.73. The predicted molar refractivity (Wildman–Crippen MR) is 135 cm³/mol. The first-order valence-corrected chi connectivity index (χ1v) is 10.1. The zero-order valence-electron chi connectivity index (χ0n) is 17.2. The monoisotopic (exact) mass is 386 g/mol. The third-order valence-corrected chi connectivity index (χ3v) is 5.61. The summed E-state index contributed by atoms with van der Waals surface area (Å²) in [7, 11) is 0. The maximum atomic E-state index is 2.31. The Bertz CT molecular complexity index is 982. The van der Waals surface area contributed by atoms with Crippen LogP contribution in [0.4, 0.5) is 0 Å². The molecule has 0 nitrogen and oxygen atoms in total. The molecule has 0 fully saturated rings. The van der Waals surface area contributed by atoms with Gasteiger partial charge in [0.25, 0.3) is 0 Å². The first-order chi connectivity index (χ1) is 13.1. The highest BCUT2D eigenvalue weighted by atomic mass is 14.2. The maximum absolute atomic E-state index is 2.31. The molecule has 0 heteroatoms. The minimum atomic E-state index is 0. The van der Waals surface area contributed by atoms with Crippen LogP contribution in [-0.2, 0) is 5.41 Å². The Morgan fingerprint density at radius 3 is 1.55 bits per heavy atom. The van der Waals surface area contributed by atoms with Crippen LogP contribution in [0.3, 0.4) is 0 Å². The van der Waals surface area contributed by atoms with Gasteiger partial charge in [0.15, 0.2) is 0 Å². The average molecular weight is 387 g/mol. The molecule has 0 saturated heterocycles. The van der Waals surface area contributed by atoms with Gasteiger partial charge in [-0.2, -0.15) is 0 Å². The van der Waals surface area contributed by atoms with Crippen molar-refractivity contribution in [2.45, 2.75) is 61.3 Å². The van der Waals surface area contributed by atoms with Gasteiger partial charge >= 0.3 is 0 Å². The molecule has 4 rings (SSSR count). The standard InChI is InChI=1S/C25H24.C2H6.2CH4/c1-4-25(2,3)21-15-13-18(14-16-21)24-22-11-7-5-9-19(22)17-20-10-6-8-12-23(20)24;1-2;;/h5-17H,4H2,1-3H3;1-2H3;2*1H4. The highest BCUT2D eigenvalue weighted by Gasteiger charge is 2.18. The molecule has 0 radical (unpaired) electrons. The number of rotatable bonds is 3. The normalized spacial score (nSPS) is 10.5. The molecule has 154 valence electrons. The van der Waals surface area contributed by atoms with Gasteiger partial charge in [-0.15, -0.1) is 0 Å². The summed E-state index contributed by atoms with van der Waals surface area (Å²) in [6.07, 6.45) is 1.14. The van der Waals surface area contributed by atoms with E-state index in [1.165, 1.54) is 38.2 Å². The second-order valence-corrected chi connectivity index (χ2v) is 7.51. The Labute approximate surface area is 178 Å². The topological polar surface area (TPSA) is 0 Å². The van der Waals surface area contributed by atoms with Crippen LogP contribution in [0.5, 0.6) is 0 Å². The van der Waals surface area contributed by atoms with E-state index >= 15 is 0 Å². The highest BCUT2D eigenvalue weighted by Crippen LogP contribution is 2.37. The van der Waals surface area contributed by atoms with Crippen molar-refractivity contribution in [2.75, 3.05) is 0 Å². The van der Waals surface area contributed by atoms with Crippen LogP contribution in [0.2, 0.25) is 0 Å². The molecule has 0 unspecified atom stereocenters. The van der Waals surface area contributed by atoms with E-state index in [9.17, 15) is 0 Å². The van der Waals surface area contributed by atoms with Gasteiger partial charge in [-0.1, -0.05) is 122 Å². The number of benzene rings is 4. The van der Waals surface area contributed by atoms with Gasteiger partial charge in [0, 0.05) is 0 Å². The minimum absolute atomic E-state index is 0. The van der Waals surface area contributed by atoms with E-state index in [1.807, 2.05) is 13.8 Å². The zero-order chi connectivity index (χ0) is 19.4. The Morgan fingerprint density at radius 1 is 0.655 bits per heavy atom. The lowest BCUT2D eigenvalue weighted by Crippen LogP contribution is -2.14. The number of fused-ring (bicyclic) bond motifs is 2. The first kappa shape index (κ1) is 24.4. The fraction of sp³-hybridized carbons (Fsp3) is 0.310. The summed E-state index contributed by atoms with van der Waals surface area (Å²) in [5.74, 6) is 0. The predicted octanol–water partition coefficient (Wildman–Crippen LogP) is 9.65. The molecule has 0 spiro atoms. The van der Waals surface area contributed by atoms with Crippen molar-refractivity contribution in [3.63, 3.8) is 0 Å². The second-order valence-electron chi connectivity index (χ2n) is 7.51. The van der Waals surface area contributed by atoms with Gasteiger partial charge in [0.1, 0.15) is 0 Å². The van der Waals surface area contributed by atoms with E-state index in [1.54, 1.807) is 0 Å². The lowest BCUT2D eigenvalue weighted by molar-refractivity contribution is 0.506. The number of hydrogen-bond acceptors (Lipinski definition) is 0. The molecule has 0 heterocycles. The van der Waals surface area contributed by atoms with Crippen LogP contribution in [0.1, 0.15) is 61.5 Å². The van der Waals surface area contributed by atoms with Crippen LogP contribution < -0.4 is 0 Å². The van der Waals surface area contributed by atoms with Gasteiger partial charge < -0.3 is 0 Å². The Kier molecular flexibility index (Phi) is 8.64. The molecule has 0 aromatic heterocycles. The quantitative estimate of drug-likeness (QED) is 0.307. The molecule has 0 amide bonds. The molecule has 0 aliphatic heterocycles. The third-order valence-electron chi connectivity index (χ3n) is 5.61. The highest BCUT2D eigenvalue weighted by molar-refractivity contribution is 6.12. The van der Waals surface area contributed by atoms with Gasteiger partial charge in [-0.3, -0.25) is 0 Å². The van der Waals surface area contributed by atoms with Gasteiger partial charge in [-0.05, 0) is 56.1 Å². The summed E-state index contributed by atoms with van der Waals surface area (Å²) in [6.45, 7) is 10.9. The SMILES string of the molecule is C.C.CC.CCC(C)(C)c1ccc(-c2c3ccccc3cc3ccccc23)cc1. The molecular formula is C29H38. The maximum Gasteiger partial charge on any atom is -0.00268 e. The summed E-state index contributed by atoms with van der Waals surface area (Å²) in [6, 6.07) is 28.9. The Hall–Kier alpha value is -2.60. The molecule has 4 aromatic carbocycles. The number of hydrogen-bond donors (Lipinski definition) is 0. The van der Waals surface area contributed by atoms with E-state index in [2.05, 4.69) is 99.6 Å². The molecule has 0 bridgehead atoms.